The molecule has 1 atom stereocenters. The summed E-state index contributed by atoms with van der Waals surface area (Å²) in [4.78, 5) is 51.5. The summed E-state index contributed by atoms with van der Waals surface area (Å²) in [6.07, 6.45) is 6.31. The Balaban J connectivity index is 0.000000734. The van der Waals surface area contributed by atoms with Gasteiger partial charge in [-0.25, -0.2) is 0 Å². The molecule has 0 fully saturated rings. The van der Waals surface area contributed by atoms with Crippen molar-refractivity contribution in [2.24, 2.45) is 0 Å². The predicted octanol–water partition coefficient (Wildman–Crippen LogP) is -2.11. The number of aliphatic carboxylic acids is 1. The third-order valence-electron chi connectivity index (χ3n) is 6.14. The van der Waals surface area contributed by atoms with E-state index in [1.807, 2.05) is 72.8 Å². The quantitative estimate of drug-likeness (QED) is 0.0954. The Morgan fingerprint density at radius 2 is 1.02 bits per heavy atom. The Kier molecular flexibility index (Phi) is 20.5. The number of quaternary nitrogens is 1. The van der Waals surface area contributed by atoms with E-state index >= 15 is 0 Å². The van der Waals surface area contributed by atoms with Crippen LogP contribution in [0.15, 0.2) is 97.6 Å². The van der Waals surface area contributed by atoms with Gasteiger partial charge < -0.3 is 39.6 Å². The Bertz CT molecular complexity index is 1280. The molecule has 0 saturated carbocycles. The van der Waals surface area contributed by atoms with Gasteiger partial charge in [0, 0.05) is 51.0 Å². The molecule has 4 heterocycles. The second kappa shape index (κ2) is 22.8. The topological polar surface area (TPSA) is 221 Å². The minimum atomic E-state index is -5.09. The number of carboxylic acids is 1. The van der Waals surface area contributed by atoms with Crippen molar-refractivity contribution in [2.75, 3.05) is 19.7 Å². The van der Waals surface area contributed by atoms with Gasteiger partial charge in [0.25, 0.3) is 0 Å². The molecule has 3 N–H and O–H groups in total. The Hall–Kier alpha value is -2.73. The van der Waals surface area contributed by atoms with Gasteiger partial charge in [0.05, 0.1) is 30.6 Å². The molecule has 1 unspecified atom stereocenters. The van der Waals surface area contributed by atoms with Gasteiger partial charge in [0.15, 0.2) is 0 Å². The standard InChI is InChI=1S/C27H29N6O.C3H8NO6P.2Zn/c34-27(21-32(17-23-9-1-5-13-28-23)18-24-10-2-6-14-29-24)22-33(19-25-11-3-7-15-30-25)20-26-12-4-8-16-31-26;4-2(3(5)6)1-10-11(7,8)9;;/h1-16,27H,17-22H2;2H,1,4H2,(H,5,6)(H2,7,8,9);;/q-1;;2*+2/p-2. The van der Waals surface area contributed by atoms with E-state index in [0.29, 0.717) is 39.3 Å². The van der Waals surface area contributed by atoms with Crippen LogP contribution in [0.3, 0.4) is 0 Å². The molecule has 0 amide bonds. The van der Waals surface area contributed by atoms with Crippen molar-refractivity contribution in [2.45, 2.75) is 38.3 Å². The Morgan fingerprint density at radius 1 is 0.702 bits per heavy atom. The van der Waals surface area contributed by atoms with Gasteiger partial charge in [0.1, 0.15) is 18.6 Å². The first-order chi connectivity index (χ1) is 21.6. The fraction of sp³-hybridized carbons (Fsp3) is 0.300. The molecule has 0 aromatic carbocycles. The zero-order valence-corrected chi connectivity index (χ0v) is 32.8. The molecule has 4 aromatic heterocycles. The van der Waals surface area contributed by atoms with Crippen LogP contribution in [0, 0.1) is 0 Å². The fourth-order valence-corrected chi connectivity index (χ4v) is 4.50. The van der Waals surface area contributed by atoms with E-state index < -0.39 is 32.5 Å². The van der Waals surface area contributed by atoms with Crippen LogP contribution in [0.2, 0.25) is 0 Å². The number of carbonyl (C=O) groups excluding carboxylic acids is 1. The molecule has 47 heavy (non-hydrogen) atoms. The van der Waals surface area contributed by atoms with Crippen molar-refractivity contribution in [3.8, 4) is 0 Å². The van der Waals surface area contributed by atoms with Gasteiger partial charge in [-0.1, -0.05) is 24.3 Å². The second-order valence-corrected chi connectivity index (χ2v) is 11.2. The number of carbonyl (C=O) groups is 1. The number of phosphoric acid groups is 1. The number of nitrogens with zero attached hydrogens (tertiary/aromatic N) is 6. The van der Waals surface area contributed by atoms with Crippen LogP contribution >= 0.6 is 7.82 Å². The first-order valence-corrected chi connectivity index (χ1v) is 15.4. The normalized spacial score (nSPS) is 11.6. The number of hydrogen-bond donors (Lipinski definition) is 1. The number of carboxylic acid groups (broad SMARTS) is 1. The maximum absolute atomic E-state index is 13.3. The molecule has 0 saturated heterocycles. The molecule has 17 heteroatoms. The van der Waals surface area contributed by atoms with Crippen molar-refractivity contribution in [1.82, 2.24) is 29.7 Å². The summed E-state index contributed by atoms with van der Waals surface area (Å²) in [6.45, 7) is 2.36. The van der Waals surface area contributed by atoms with Crippen molar-refractivity contribution in [3.05, 3.63) is 120 Å². The summed E-state index contributed by atoms with van der Waals surface area (Å²) in [5.41, 5.74) is 6.69. The second-order valence-electron chi connectivity index (χ2n) is 10.0. The fourth-order valence-electron chi connectivity index (χ4n) is 4.14. The van der Waals surface area contributed by atoms with Crippen molar-refractivity contribution in [1.29, 1.82) is 0 Å². The molecule has 0 bridgehead atoms. The molecule has 4 aromatic rings. The van der Waals surface area contributed by atoms with E-state index in [-0.39, 0.29) is 39.0 Å². The van der Waals surface area contributed by atoms with Gasteiger partial charge in [0.2, 0.25) is 0 Å². The number of hydrogen-bond acceptors (Lipinski definition) is 13. The SMILES string of the molecule is [NH3+]C(COP(=O)([O-])[O-])C(=O)[O-].[O-]C(CN(Cc1ccccn1)Cc1ccccn1)CN(Cc1ccccn1)Cc1ccccn1.[Zn+2].[Zn+2]. The summed E-state index contributed by atoms with van der Waals surface area (Å²) < 4.78 is 13.4. The van der Waals surface area contributed by atoms with Crippen LogP contribution in [-0.2, 0) is 79.0 Å². The van der Waals surface area contributed by atoms with E-state index in [4.69, 9.17) is 0 Å². The van der Waals surface area contributed by atoms with E-state index in [2.05, 4.69) is 40.0 Å². The average Bonchev–Trinajstić information content (AvgIpc) is 3.01. The maximum Gasteiger partial charge on any atom is 2.00 e. The summed E-state index contributed by atoms with van der Waals surface area (Å²) in [5, 5.41) is 23.2. The summed E-state index contributed by atoms with van der Waals surface area (Å²) in [7, 11) is -5.09. The number of rotatable bonds is 16. The molecule has 0 aliphatic rings. The van der Waals surface area contributed by atoms with Gasteiger partial charge in [-0.15, -0.1) is 6.10 Å². The molecule has 0 aliphatic carbocycles. The van der Waals surface area contributed by atoms with Crippen molar-refractivity contribution >= 4 is 13.8 Å². The monoisotopic (exact) mass is 764 g/mol. The maximum atomic E-state index is 13.3. The number of aromatic nitrogens is 4. The van der Waals surface area contributed by atoms with E-state index in [0.717, 1.165) is 22.8 Å². The average molecular weight is 767 g/mol. The first kappa shape index (κ1) is 42.3. The van der Waals surface area contributed by atoms with Gasteiger partial charge in [-0.3, -0.25) is 29.7 Å². The summed E-state index contributed by atoms with van der Waals surface area (Å²) in [6, 6.07) is 22.1. The summed E-state index contributed by atoms with van der Waals surface area (Å²) in [5.74, 6) is -1.57. The number of pyridine rings is 4. The van der Waals surface area contributed by atoms with Crippen LogP contribution in [0.5, 0.6) is 0 Å². The molecule has 0 spiro atoms. The van der Waals surface area contributed by atoms with Crippen LogP contribution in [0.25, 0.3) is 0 Å². The zero-order valence-electron chi connectivity index (χ0n) is 26.0. The minimum absolute atomic E-state index is 0. The van der Waals surface area contributed by atoms with Gasteiger partial charge in [-0.05, 0) is 61.6 Å². The van der Waals surface area contributed by atoms with Gasteiger partial charge >= 0.3 is 39.0 Å². The number of phosphoric ester groups is 1. The third-order valence-corrected chi connectivity index (χ3v) is 6.60. The van der Waals surface area contributed by atoms with Crippen molar-refractivity contribution < 1.29 is 78.6 Å². The van der Waals surface area contributed by atoms with Crippen LogP contribution in [0.1, 0.15) is 22.8 Å². The predicted molar refractivity (Wildman–Crippen MR) is 154 cm³/mol. The largest absolute Gasteiger partial charge is 2.00 e. The molecule has 4 rings (SSSR count). The molecular weight excluding hydrogens is 732 g/mol. The third kappa shape index (κ3) is 18.4. The first-order valence-electron chi connectivity index (χ1n) is 14.0. The van der Waals surface area contributed by atoms with Crippen LogP contribution < -0.4 is 25.7 Å². The van der Waals surface area contributed by atoms with Crippen molar-refractivity contribution in [3.63, 3.8) is 0 Å². The Labute approximate surface area is 299 Å². The van der Waals surface area contributed by atoms with E-state index in [9.17, 15) is 29.4 Å². The molecule has 0 radical (unpaired) electrons. The van der Waals surface area contributed by atoms with E-state index in [1.165, 1.54) is 0 Å². The van der Waals surface area contributed by atoms with Crippen LogP contribution in [-0.4, -0.2) is 67.5 Å². The van der Waals surface area contributed by atoms with E-state index in [1.54, 1.807) is 24.8 Å². The zero-order chi connectivity index (χ0) is 32.5. The molecular formula is C30H35N7O7PZn2+. The smallest absolute Gasteiger partial charge is 0.850 e. The van der Waals surface area contributed by atoms with Gasteiger partial charge in [-0.2, -0.15) is 0 Å². The summed E-state index contributed by atoms with van der Waals surface area (Å²) >= 11 is 0. The minimum Gasteiger partial charge on any atom is -0.850 e. The molecule has 240 valence electrons. The Morgan fingerprint density at radius 3 is 1.26 bits per heavy atom. The molecule has 0 aliphatic heterocycles. The molecule has 14 nitrogen and oxygen atoms in total. The van der Waals surface area contributed by atoms with Crippen LogP contribution in [0.4, 0.5) is 0 Å².